The third-order valence-electron chi connectivity index (χ3n) is 11.4. The van der Waals surface area contributed by atoms with E-state index in [1.54, 1.807) is 47.7 Å². The highest BCUT2D eigenvalue weighted by Gasteiger charge is 2.34. The molecule has 8 rings (SSSR count). The van der Waals surface area contributed by atoms with Gasteiger partial charge in [0.15, 0.2) is 0 Å². The molecular weight excluding hydrogens is 741 g/mol. The predicted molar refractivity (Wildman–Crippen MR) is 212 cm³/mol. The molecule has 13 nitrogen and oxygen atoms in total. The maximum atomic E-state index is 13.4. The number of amides is 3. The number of aromatic nitrogens is 5. The first kappa shape index (κ1) is 39.7. The number of rotatable bonds is 7. The van der Waals surface area contributed by atoms with Crippen molar-refractivity contribution in [1.29, 1.82) is 0 Å². The number of hydrogen-bond acceptors (Lipinski definition) is 8. The van der Waals surface area contributed by atoms with Gasteiger partial charge in [-0.2, -0.15) is 18.3 Å². The summed E-state index contributed by atoms with van der Waals surface area (Å²) in [6.45, 7) is 3.32. The van der Waals surface area contributed by atoms with Crippen LogP contribution in [0.4, 0.5) is 18.9 Å². The Balaban J connectivity index is 0.000000239. The molecule has 5 heterocycles. The fourth-order valence-corrected chi connectivity index (χ4v) is 8.55. The van der Waals surface area contributed by atoms with Gasteiger partial charge in [-0.25, -0.2) is 9.78 Å². The lowest BCUT2D eigenvalue weighted by atomic mass is 9.85. The molecule has 0 radical (unpaired) electrons. The molecule has 1 aliphatic carbocycles. The molecule has 0 spiro atoms. The minimum absolute atomic E-state index is 0. The van der Waals surface area contributed by atoms with Crippen molar-refractivity contribution in [3.63, 3.8) is 0 Å². The van der Waals surface area contributed by atoms with Crippen LogP contribution in [0.15, 0.2) is 59.5 Å². The number of benzene rings is 2. The average Bonchev–Trinajstić information content (AvgIpc) is 3.72. The van der Waals surface area contributed by atoms with Crippen LogP contribution >= 0.6 is 0 Å². The van der Waals surface area contributed by atoms with Gasteiger partial charge in [0.2, 0.25) is 11.8 Å². The average molecular weight is 793 g/mol. The first-order valence-electron chi connectivity index (χ1n) is 19.5. The number of carbonyl (C=O) groups excluding carboxylic acids is 3. The molecule has 0 bridgehead atoms. The van der Waals surface area contributed by atoms with Crippen LogP contribution in [0.1, 0.15) is 101 Å². The molecule has 1 saturated carbocycles. The molecule has 3 aliphatic rings. The maximum Gasteiger partial charge on any atom is 0.433 e. The van der Waals surface area contributed by atoms with Gasteiger partial charge < -0.3 is 15.0 Å². The van der Waals surface area contributed by atoms with Gasteiger partial charge in [-0.05, 0) is 106 Å². The van der Waals surface area contributed by atoms with Gasteiger partial charge in [0, 0.05) is 39.5 Å². The van der Waals surface area contributed by atoms with E-state index in [1.165, 1.54) is 44.7 Å². The van der Waals surface area contributed by atoms with Gasteiger partial charge in [-0.1, -0.05) is 25.3 Å². The normalized spacial score (nSPS) is 18.9. The lowest BCUT2D eigenvalue weighted by Gasteiger charge is -2.36. The summed E-state index contributed by atoms with van der Waals surface area (Å²) in [4.78, 5) is 56.1. The van der Waals surface area contributed by atoms with Gasteiger partial charge in [0.25, 0.3) is 5.91 Å². The van der Waals surface area contributed by atoms with Gasteiger partial charge in [-0.15, -0.1) is 0 Å². The fourth-order valence-electron chi connectivity index (χ4n) is 8.55. The maximum absolute atomic E-state index is 13.4. The lowest BCUT2D eigenvalue weighted by Crippen LogP contribution is -2.38. The number of methoxy groups -OCH3 is 1. The Bertz CT molecular complexity index is 2330. The van der Waals surface area contributed by atoms with E-state index in [9.17, 15) is 32.3 Å². The molecular formula is C41H51F3N8O5. The summed E-state index contributed by atoms with van der Waals surface area (Å²) in [6, 6.07) is 11.3. The highest BCUT2D eigenvalue weighted by atomic mass is 19.4. The Hall–Kier alpha value is -5.51. The number of hydrogen-bond donors (Lipinski definition) is 3. The Kier molecular flexibility index (Phi) is 11.8. The van der Waals surface area contributed by atoms with Crippen molar-refractivity contribution in [2.45, 2.75) is 82.3 Å². The molecule has 2 saturated heterocycles. The number of nitrogens with zero attached hydrogens (tertiary/aromatic N) is 5. The van der Waals surface area contributed by atoms with E-state index in [0.717, 1.165) is 77.2 Å². The number of ether oxygens (including phenoxy) is 1. The van der Waals surface area contributed by atoms with Crippen LogP contribution < -0.4 is 21.1 Å². The summed E-state index contributed by atoms with van der Waals surface area (Å²) in [5, 5.41) is 12.3. The van der Waals surface area contributed by atoms with E-state index < -0.39 is 29.7 Å². The number of imidazole rings is 1. The summed E-state index contributed by atoms with van der Waals surface area (Å²) >= 11 is 0. The Morgan fingerprint density at radius 2 is 1.75 bits per heavy atom. The van der Waals surface area contributed by atoms with E-state index in [4.69, 9.17) is 4.74 Å². The van der Waals surface area contributed by atoms with Gasteiger partial charge >= 0.3 is 11.9 Å². The molecule has 3 amide bonds. The molecule has 3 fully saturated rings. The van der Waals surface area contributed by atoms with Crippen molar-refractivity contribution >= 4 is 45.3 Å². The van der Waals surface area contributed by atoms with Crippen LogP contribution in [0, 0.1) is 5.92 Å². The van der Waals surface area contributed by atoms with Gasteiger partial charge in [0.1, 0.15) is 23.2 Å². The highest BCUT2D eigenvalue weighted by molar-refractivity contribution is 6.03. The monoisotopic (exact) mass is 792 g/mol. The smallest absolute Gasteiger partial charge is 0.433 e. The van der Waals surface area contributed by atoms with Crippen molar-refractivity contribution in [2.24, 2.45) is 13.0 Å². The number of aryl methyl sites for hydroxylation is 1. The minimum Gasteiger partial charge on any atom is -0.496 e. The second-order valence-corrected chi connectivity index (χ2v) is 15.2. The largest absolute Gasteiger partial charge is 0.496 e. The fraction of sp³-hybridized carbons (Fsp3) is 0.463. The van der Waals surface area contributed by atoms with Crippen molar-refractivity contribution in [1.82, 2.24) is 34.5 Å². The molecule has 1 unspecified atom stereocenters. The number of aromatic amines is 1. The van der Waals surface area contributed by atoms with E-state index in [1.807, 2.05) is 12.1 Å². The molecule has 57 heavy (non-hydrogen) atoms. The number of nitrogens with one attached hydrogen (secondary N) is 3. The lowest BCUT2D eigenvalue weighted by molar-refractivity contribution is -0.141. The summed E-state index contributed by atoms with van der Waals surface area (Å²) < 4.78 is 46.8. The summed E-state index contributed by atoms with van der Waals surface area (Å²) in [5.41, 5.74) is 2.27. The number of carbonyl (C=O) groups is 3. The van der Waals surface area contributed by atoms with Crippen molar-refractivity contribution in [3.05, 3.63) is 82.2 Å². The van der Waals surface area contributed by atoms with Gasteiger partial charge in [-0.3, -0.25) is 33.9 Å². The summed E-state index contributed by atoms with van der Waals surface area (Å²) in [6.07, 6.45) is 7.26. The Morgan fingerprint density at radius 3 is 2.49 bits per heavy atom. The molecule has 306 valence electrons. The van der Waals surface area contributed by atoms with E-state index in [0.29, 0.717) is 30.9 Å². The molecule has 2 aromatic carbocycles. The number of imide groups is 1. The van der Waals surface area contributed by atoms with Gasteiger partial charge in [0.05, 0.1) is 29.9 Å². The van der Waals surface area contributed by atoms with Crippen LogP contribution in [0.3, 0.4) is 0 Å². The number of alkyl halides is 3. The minimum atomic E-state index is -4.59. The van der Waals surface area contributed by atoms with Crippen molar-refractivity contribution in [3.8, 4) is 5.75 Å². The molecule has 3 N–H and O–H groups in total. The number of H-pyrrole nitrogens is 1. The Morgan fingerprint density at radius 1 is 0.982 bits per heavy atom. The predicted octanol–water partition coefficient (Wildman–Crippen LogP) is 7.20. The number of halogens is 3. The molecule has 5 aromatic rings. The SMILES string of the molecule is COc1ccc2c(c1C1CCN(CC3CCCCC3)CC1)n(C)c(=O)n2C1CCCC(=O)NC1=O.O=C(Nc1ccc2[nH]ncc2c1)c1cccc(C(F)(F)F)n1.[HH].[HH]. The highest BCUT2D eigenvalue weighted by Crippen LogP contribution is 2.40. The molecule has 3 aromatic heterocycles. The van der Waals surface area contributed by atoms with Crippen molar-refractivity contribution in [2.75, 3.05) is 32.1 Å². The van der Waals surface area contributed by atoms with Crippen LogP contribution in [-0.2, 0) is 22.8 Å². The third-order valence-corrected chi connectivity index (χ3v) is 11.4. The summed E-state index contributed by atoms with van der Waals surface area (Å²) in [7, 11) is 3.46. The number of likely N-dealkylation sites (tertiary alicyclic amines) is 1. The molecule has 2 aliphatic heterocycles. The number of pyridine rings is 1. The molecule has 16 heteroatoms. The first-order chi connectivity index (χ1) is 27.4. The second kappa shape index (κ2) is 16.9. The van der Waals surface area contributed by atoms with Crippen LogP contribution in [0.25, 0.3) is 21.9 Å². The van der Waals surface area contributed by atoms with Crippen LogP contribution in [-0.4, -0.2) is 73.7 Å². The van der Waals surface area contributed by atoms with E-state index >= 15 is 0 Å². The first-order valence-corrected chi connectivity index (χ1v) is 19.5. The molecule has 1 atom stereocenters. The Labute approximate surface area is 329 Å². The summed E-state index contributed by atoms with van der Waals surface area (Å²) in [5.74, 6) is 0.557. The topological polar surface area (TPSA) is 156 Å². The second-order valence-electron chi connectivity index (χ2n) is 15.2. The zero-order valence-electron chi connectivity index (χ0n) is 32.0. The van der Waals surface area contributed by atoms with Crippen LogP contribution in [0.5, 0.6) is 5.75 Å². The number of piperidine rings is 1. The quantitative estimate of drug-likeness (QED) is 0.146. The zero-order chi connectivity index (χ0) is 40.3. The van der Waals surface area contributed by atoms with Crippen LogP contribution in [0.2, 0.25) is 0 Å². The van der Waals surface area contributed by atoms with E-state index in [2.05, 4.69) is 30.7 Å². The third kappa shape index (κ3) is 8.75. The zero-order valence-corrected chi connectivity index (χ0v) is 32.0. The van der Waals surface area contributed by atoms with E-state index in [-0.39, 0.29) is 20.1 Å². The number of anilines is 1. The standard InChI is InChI=1S/C27H38N4O4.C14H9F3N4O.2H2/c1-29-25-20(31(27(29)34)21-9-6-10-23(32)28-26(21)33)11-12-22(35-2)24(25)19-13-15-30(16-14-19)17-18-7-4-3-5-8-18;15-14(16,17)12-3-1-2-11(20-12)13(22)19-9-4-5-10-8(6-9)7-18-21-10;;/h11-12,18-19,21H,3-10,13-17H2,1-2H3,(H,28,32,33);1-7H,(H,18,21)(H,19,22);2*1H. The number of fused-ring (bicyclic) bond motifs is 2. The van der Waals surface area contributed by atoms with Crippen molar-refractivity contribution < 1.29 is 35.1 Å².